The van der Waals surface area contributed by atoms with Crippen molar-refractivity contribution in [2.75, 3.05) is 13.2 Å². The summed E-state index contributed by atoms with van der Waals surface area (Å²) in [6.07, 6.45) is 5.51. The van der Waals surface area contributed by atoms with Crippen LogP contribution >= 0.6 is 0 Å². The summed E-state index contributed by atoms with van der Waals surface area (Å²) in [7, 11) is 0. The minimum Gasteiger partial charge on any atom is -0.350 e. The van der Waals surface area contributed by atoms with Crippen LogP contribution in [0.15, 0.2) is 0 Å². The fourth-order valence-electron chi connectivity index (χ4n) is 2.04. The Bertz CT molecular complexity index is 140. The lowest BCUT2D eigenvalue weighted by Crippen LogP contribution is -2.44. The Morgan fingerprint density at radius 2 is 1.50 bits per heavy atom. The first-order chi connectivity index (χ1) is 6.76. The van der Waals surface area contributed by atoms with E-state index >= 15 is 0 Å². The molecular weight excluding hydrogens is 176 g/mol. The highest BCUT2D eigenvalue weighted by atomic mass is 16.7. The number of ether oxygens (including phenoxy) is 2. The van der Waals surface area contributed by atoms with Gasteiger partial charge in [0.25, 0.3) is 0 Å². The minimum absolute atomic E-state index is 0.241. The Hall–Kier alpha value is -0.0800. The van der Waals surface area contributed by atoms with E-state index in [9.17, 15) is 0 Å². The molecule has 0 aromatic heterocycles. The second-order valence-electron chi connectivity index (χ2n) is 4.31. The molecule has 0 radical (unpaired) electrons. The Morgan fingerprint density at radius 3 is 1.86 bits per heavy atom. The van der Waals surface area contributed by atoms with Crippen LogP contribution in [0.25, 0.3) is 0 Å². The molecule has 1 rings (SSSR count). The van der Waals surface area contributed by atoms with Gasteiger partial charge in [0.15, 0.2) is 5.79 Å². The topological polar surface area (TPSA) is 18.5 Å². The van der Waals surface area contributed by atoms with E-state index in [4.69, 9.17) is 9.47 Å². The first kappa shape index (κ1) is 12.0. The molecule has 0 spiro atoms. The fourth-order valence-corrected chi connectivity index (χ4v) is 2.04. The van der Waals surface area contributed by atoms with Crippen LogP contribution in [0.3, 0.4) is 0 Å². The predicted molar refractivity (Wildman–Crippen MR) is 58.2 cm³/mol. The van der Waals surface area contributed by atoms with E-state index in [2.05, 4.69) is 20.8 Å². The Morgan fingerprint density at radius 1 is 1.00 bits per heavy atom. The SMILES string of the molecule is CCCC1(CCC)OCC(CC)CO1. The maximum atomic E-state index is 5.93. The van der Waals surface area contributed by atoms with Gasteiger partial charge in [0.2, 0.25) is 0 Å². The summed E-state index contributed by atoms with van der Waals surface area (Å²) in [6.45, 7) is 8.35. The highest BCUT2D eigenvalue weighted by molar-refractivity contribution is 4.75. The zero-order valence-corrected chi connectivity index (χ0v) is 9.84. The maximum Gasteiger partial charge on any atom is 0.168 e. The van der Waals surface area contributed by atoms with Gasteiger partial charge in [0.1, 0.15) is 0 Å². The summed E-state index contributed by atoms with van der Waals surface area (Å²) in [5.74, 6) is 0.367. The van der Waals surface area contributed by atoms with E-state index in [0.717, 1.165) is 45.3 Å². The van der Waals surface area contributed by atoms with E-state index in [1.807, 2.05) is 0 Å². The summed E-state index contributed by atoms with van der Waals surface area (Å²) in [5, 5.41) is 0. The van der Waals surface area contributed by atoms with Crippen molar-refractivity contribution in [3.63, 3.8) is 0 Å². The summed E-state index contributed by atoms with van der Waals surface area (Å²) in [5.41, 5.74) is 0. The Kier molecular flexibility index (Phi) is 4.90. The first-order valence-electron chi connectivity index (χ1n) is 6.04. The van der Waals surface area contributed by atoms with E-state index in [1.54, 1.807) is 0 Å². The molecule has 0 unspecified atom stereocenters. The quantitative estimate of drug-likeness (QED) is 0.677. The molecule has 0 aliphatic carbocycles. The van der Waals surface area contributed by atoms with Crippen LogP contribution in [-0.2, 0) is 9.47 Å². The first-order valence-corrected chi connectivity index (χ1v) is 6.04. The fraction of sp³-hybridized carbons (Fsp3) is 1.00. The number of hydrogen-bond donors (Lipinski definition) is 0. The Balaban J connectivity index is 2.45. The van der Waals surface area contributed by atoms with Crippen LogP contribution in [0.5, 0.6) is 0 Å². The normalized spacial score (nSPS) is 22.5. The summed E-state index contributed by atoms with van der Waals surface area (Å²) < 4.78 is 11.9. The molecule has 0 bridgehead atoms. The maximum absolute atomic E-state index is 5.93. The summed E-state index contributed by atoms with van der Waals surface area (Å²) in [4.78, 5) is 0. The lowest BCUT2D eigenvalue weighted by molar-refractivity contribution is -0.289. The molecule has 1 heterocycles. The average Bonchev–Trinajstić information content (AvgIpc) is 2.20. The lowest BCUT2D eigenvalue weighted by atomic mass is 10.0. The largest absolute Gasteiger partial charge is 0.350 e. The third-order valence-corrected chi connectivity index (χ3v) is 3.00. The molecule has 2 nitrogen and oxygen atoms in total. The predicted octanol–water partition coefficient (Wildman–Crippen LogP) is 3.36. The van der Waals surface area contributed by atoms with Crippen LogP contribution in [0.2, 0.25) is 0 Å². The standard InChI is InChI=1S/C12H24O2/c1-4-7-12(8-5-2)13-9-11(6-3)10-14-12/h11H,4-10H2,1-3H3. The summed E-state index contributed by atoms with van der Waals surface area (Å²) >= 11 is 0. The van der Waals surface area contributed by atoms with Crippen molar-refractivity contribution in [2.45, 2.75) is 58.7 Å². The monoisotopic (exact) mass is 200 g/mol. The molecule has 0 atom stereocenters. The van der Waals surface area contributed by atoms with Crippen LogP contribution in [0, 0.1) is 5.92 Å². The molecule has 0 N–H and O–H groups in total. The van der Waals surface area contributed by atoms with Gasteiger partial charge in [0.05, 0.1) is 13.2 Å². The van der Waals surface area contributed by atoms with Gasteiger partial charge in [-0.2, -0.15) is 0 Å². The molecule has 1 aliphatic rings. The van der Waals surface area contributed by atoms with Gasteiger partial charge in [-0.25, -0.2) is 0 Å². The van der Waals surface area contributed by atoms with E-state index in [0.29, 0.717) is 5.92 Å². The molecule has 1 saturated heterocycles. The smallest absolute Gasteiger partial charge is 0.168 e. The zero-order valence-electron chi connectivity index (χ0n) is 9.84. The summed E-state index contributed by atoms with van der Waals surface area (Å²) in [6, 6.07) is 0. The molecule has 14 heavy (non-hydrogen) atoms. The zero-order chi connectivity index (χ0) is 10.4. The molecule has 84 valence electrons. The number of rotatable bonds is 5. The second kappa shape index (κ2) is 5.72. The minimum atomic E-state index is -0.241. The third kappa shape index (κ3) is 2.96. The van der Waals surface area contributed by atoms with Gasteiger partial charge >= 0.3 is 0 Å². The molecule has 0 aromatic rings. The van der Waals surface area contributed by atoms with E-state index in [1.165, 1.54) is 0 Å². The van der Waals surface area contributed by atoms with Gasteiger partial charge in [-0.15, -0.1) is 0 Å². The van der Waals surface area contributed by atoms with Crippen molar-refractivity contribution >= 4 is 0 Å². The Labute approximate surface area is 88.0 Å². The van der Waals surface area contributed by atoms with Gasteiger partial charge in [-0.3, -0.25) is 0 Å². The van der Waals surface area contributed by atoms with Crippen LogP contribution < -0.4 is 0 Å². The number of hydrogen-bond acceptors (Lipinski definition) is 2. The van der Waals surface area contributed by atoms with Crippen molar-refractivity contribution in [1.29, 1.82) is 0 Å². The molecule has 0 saturated carbocycles. The molecule has 0 aromatic carbocycles. The van der Waals surface area contributed by atoms with Gasteiger partial charge in [-0.05, 0) is 6.42 Å². The highest BCUT2D eigenvalue weighted by Crippen LogP contribution is 2.31. The molecule has 1 aliphatic heterocycles. The van der Waals surface area contributed by atoms with E-state index in [-0.39, 0.29) is 5.79 Å². The second-order valence-corrected chi connectivity index (χ2v) is 4.31. The van der Waals surface area contributed by atoms with Crippen molar-refractivity contribution in [2.24, 2.45) is 5.92 Å². The van der Waals surface area contributed by atoms with Crippen LogP contribution in [0.4, 0.5) is 0 Å². The third-order valence-electron chi connectivity index (χ3n) is 3.00. The van der Waals surface area contributed by atoms with Crippen LogP contribution in [0.1, 0.15) is 52.9 Å². The van der Waals surface area contributed by atoms with Gasteiger partial charge in [-0.1, -0.05) is 33.6 Å². The molecule has 1 fully saturated rings. The van der Waals surface area contributed by atoms with Crippen LogP contribution in [-0.4, -0.2) is 19.0 Å². The van der Waals surface area contributed by atoms with Gasteiger partial charge in [0, 0.05) is 18.8 Å². The van der Waals surface area contributed by atoms with Crippen molar-refractivity contribution < 1.29 is 9.47 Å². The van der Waals surface area contributed by atoms with Crippen molar-refractivity contribution in [3.8, 4) is 0 Å². The highest BCUT2D eigenvalue weighted by Gasteiger charge is 2.35. The lowest BCUT2D eigenvalue weighted by Gasteiger charge is -2.40. The van der Waals surface area contributed by atoms with Crippen molar-refractivity contribution in [3.05, 3.63) is 0 Å². The molecule has 2 heteroatoms. The van der Waals surface area contributed by atoms with Crippen molar-refractivity contribution in [1.82, 2.24) is 0 Å². The average molecular weight is 200 g/mol. The molecular formula is C12H24O2. The van der Waals surface area contributed by atoms with E-state index < -0.39 is 0 Å². The van der Waals surface area contributed by atoms with Gasteiger partial charge < -0.3 is 9.47 Å². The molecule has 0 amide bonds.